The standard InChI is InChI=1S/C11H12N2S2/c1-8-5-4-6-9(2)10(8)15-11(14-3)13-7-12/h4-6H,1-3H3. The molecule has 15 heavy (non-hydrogen) atoms. The van der Waals surface area contributed by atoms with Gasteiger partial charge in [-0.05, 0) is 31.2 Å². The first-order chi connectivity index (χ1) is 7.19. The maximum atomic E-state index is 8.52. The summed E-state index contributed by atoms with van der Waals surface area (Å²) >= 11 is 3.05. The third-order valence-electron chi connectivity index (χ3n) is 1.91. The molecule has 0 spiro atoms. The molecular formula is C11H12N2S2. The topological polar surface area (TPSA) is 36.1 Å². The number of aryl methyl sites for hydroxylation is 2. The molecule has 0 unspecified atom stereocenters. The van der Waals surface area contributed by atoms with Gasteiger partial charge in [-0.2, -0.15) is 10.3 Å². The Labute approximate surface area is 98.8 Å². The van der Waals surface area contributed by atoms with Crippen LogP contribution in [0.15, 0.2) is 28.1 Å². The zero-order valence-corrected chi connectivity index (χ0v) is 10.6. The van der Waals surface area contributed by atoms with Crippen LogP contribution in [0.3, 0.4) is 0 Å². The second-order valence-electron chi connectivity index (χ2n) is 3.00. The predicted molar refractivity (Wildman–Crippen MR) is 68.3 cm³/mol. The first-order valence-corrected chi connectivity index (χ1v) is 6.48. The molecule has 0 aliphatic carbocycles. The van der Waals surface area contributed by atoms with E-state index in [9.17, 15) is 0 Å². The van der Waals surface area contributed by atoms with Gasteiger partial charge in [0.05, 0.1) is 0 Å². The third-order valence-corrected chi connectivity index (χ3v) is 4.22. The maximum Gasteiger partial charge on any atom is 0.207 e. The minimum atomic E-state index is 0.787. The third kappa shape index (κ3) is 3.29. The molecule has 2 nitrogen and oxygen atoms in total. The summed E-state index contributed by atoms with van der Waals surface area (Å²) in [7, 11) is 0. The molecule has 1 aromatic rings. The summed E-state index contributed by atoms with van der Waals surface area (Å²) in [4.78, 5) is 4.96. The van der Waals surface area contributed by atoms with Crippen LogP contribution in [0.4, 0.5) is 0 Å². The van der Waals surface area contributed by atoms with Gasteiger partial charge in [0.1, 0.15) is 4.38 Å². The van der Waals surface area contributed by atoms with Crippen LogP contribution in [0.1, 0.15) is 11.1 Å². The molecule has 0 amide bonds. The summed E-state index contributed by atoms with van der Waals surface area (Å²) in [6.07, 6.45) is 3.75. The fraction of sp³-hybridized carbons (Fsp3) is 0.273. The van der Waals surface area contributed by atoms with Gasteiger partial charge in [-0.3, -0.25) is 0 Å². The molecule has 0 fully saturated rings. The monoisotopic (exact) mass is 236 g/mol. The lowest BCUT2D eigenvalue weighted by Crippen LogP contribution is -1.89. The van der Waals surface area contributed by atoms with Gasteiger partial charge in [0.25, 0.3) is 0 Å². The number of benzene rings is 1. The van der Waals surface area contributed by atoms with Gasteiger partial charge in [0, 0.05) is 4.90 Å². The molecule has 1 aromatic carbocycles. The normalized spacial score (nSPS) is 11.2. The van der Waals surface area contributed by atoms with Crippen molar-refractivity contribution in [3.05, 3.63) is 29.3 Å². The fourth-order valence-electron chi connectivity index (χ4n) is 1.20. The van der Waals surface area contributed by atoms with E-state index in [1.54, 1.807) is 11.8 Å². The molecular weight excluding hydrogens is 224 g/mol. The Bertz CT molecular complexity index is 399. The van der Waals surface area contributed by atoms with E-state index in [0.29, 0.717) is 0 Å². The van der Waals surface area contributed by atoms with Crippen LogP contribution in [0.2, 0.25) is 0 Å². The summed E-state index contributed by atoms with van der Waals surface area (Å²) in [5, 5.41) is 8.52. The minimum Gasteiger partial charge on any atom is -0.170 e. The van der Waals surface area contributed by atoms with Crippen molar-refractivity contribution in [2.45, 2.75) is 18.7 Å². The largest absolute Gasteiger partial charge is 0.207 e. The van der Waals surface area contributed by atoms with Crippen molar-refractivity contribution in [3.8, 4) is 6.19 Å². The highest BCUT2D eigenvalue weighted by molar-refractivity contribution is 8.38. The summed E-state index contributed by atoms with van der Waals surface area (Å²) in [6.45, 7) is 4.14. The lowest BCUT2D eigenvalue weighted by Gasteiger charge is -2.08. The van der Waals surface area contributed by atoms with Crippen LogP contribution in [-0.4, -0.2) is 10.6 Å². The molecule has 78 valence electrons. The van der Waals surface area contributed by atoms with Crippen LogP contribution in [0.25, 0.3) is 0 Å². The fourth-order valence-corrected chi connectivity index (χ4v) is 2.63. The highest BCUT2D eigenvalue weighted by Crippen LogP contribution is 2.30. The second-order valence-corrected chi connectivity index (χ2v) is 5.06. The number of nitriles is 1. The average molecular weight is 236 g/mol. The van der Waals surface area contributed by atoms with Gasteiger partial charge in [-0.1, -0.05) is 30.0 Å². The van der Waals surface area contributed by atoms with E-state index in [1.165, 1.54) is 27.8 Å². The molecule has 4 heteroatoms. The maximum absolute atomic E-state index is 8.52. The van der Waals surface area contributed by atoms with Crippen LogP contribution < -0.4 is 0 Å². The molecule has 0 heterocycles. The van der Waals surface area contributed by atoms with Gasteiger partial charge in [-0.15, -0.1) is 11.8 Å². The number of hydrogen-bond donors (Lipinski definition) is 0. The van der Waals surface area contributed by atoms with E-state index in [4.69, 9.17) is 5.26 Å². The smallest absolute Gasteiger partial charge is 0.170 e. The lowest BCUT2D eigenvalue weighted by molar-refractivity contribution is 1.22. The van der Waals surface area contributed by atoms with Gasteiger partial charge in [-0.25, -0.2) is 0 Å². The van der Waals surface area contributed by atoms with Crippen molar-refractivity contribution in [2.75, 3.05) is 6.26 Å². The van der Waals surface area contributed by atoms with Crippen LogP contribution in [-0.2, 0) is 0 Å². The van der Waals surface area contributed by atoms with Gasteiger partial charge in [0.2, 0.25) is 6.19 Å². The Balaban J connectivity index is 2.99. The summed E-state index contributed by atoms with van der Waals surface area (Å²) in [5.41, 5.74) is 2.44. The number of rotatable bonds is 1. The van der Waals surface area contributed by atoms with Crippen molar-refractivity contribution in [1.29, 1.82) is 5.26 Å². The number of nitrogens with zero attached hydrogens (tertiary/aromatic N) is 2. The lowest BCUT2D eigenvalue weighted by atomic mass is 10.2. The summed E-state index contributed by atoms with van der Waals surface area (Å²) in [5.74, 6) is 0. The molecule has 1 rings (SSSR count). The molecule has 0 radical (unpaired) electrons. The van der Waals surface area contributed by atoms with Crippen molar-refractivity contribution >= 4 is 27.9 Å². The van der Waals surface area contributed by atoms with E-state index < -0.39 is 0 Å². The molecule has 0 atom stereocenters. The van der Waals surface area contributed by atoms with Crippen molar-refractivity contribution in [1.82, 2.24) is 0 Å². The van der Waals surface area contributed by atoms with E-state index in [0.717, 1.165) is 4.38 Å². The van der Waals surface area contributed by atoms with Gasteiger partial charge >= 0.3 is 0 Å². The molecule has 0 aliphatic heterocycles. The quantitative estimate of drug-likeness (QED) is 0.323. The Morgan fingerprint density at radius 1 is 1.33 bits per heavy atom. The predicted octanol–water partition coefficient (Wildman–Crippen LogP) is 3.60. The van der Waals surface area contributed by atoms with Gasteiger partial charge < -0.3 is 0 Å². The zero-order chi connectivity index (χ0) is 11.3. The van der Waals surface area contributed by atoms with Crippen LogP contribution in [0.5, 0.6) is 0 Å². The Morgan fingerprint density at radius 3 is 2.40 bits per heavy atom. The average Bonchev–Trinajstić information content (AvgIpc) is 2.22. The molecule has 0 aromatic heterocycles. The highest BCUT2D eigenvalue weighted by Gasteiger charge is 2.06. The Kier molecular flexibility index (Phi) is 4.73. The SMILES string of the molecule is CSC(=NC#N)Sc1c(C)cccc1C. The van der Waals surface area contributed by atoms with Crippen LogP contribution >= 0.6 is 23.5 Å². The number of hydrogen-bond acceptors (Lipinski definition) is 4. The van der Waals surface area contributed by atoms with Crippen molar-refractivity contribution in [3.63, 3.8) is 0 Å². The summed E-state index contributed by atoms with van der Waals surface area (Å²) in [6, 6.07) is 6.17. The Morgan fingerprint density at radius 2 is 1.93 bits per heavy atom. The van der Waals surface area contributed by atoms with E-state index >= 15 is 0 Å². The summed E-state index contributed by atoms with van der Waals surface area (Å²) < 4.78 is 0.787. The van der Waals surface area contributed by atoms with Crippen molar-refractivity contribution in [2.24, 2.45) is 4.99 Å². The molecule has 0 N–H and O–H groups in total. The molecule has 0 bridgehead atoms. The highest BCUT2D eigenvalue weighted by atomic mass is 32.2. The Hall–Kier alpha value is -0.920. The van der Waals surface area contributed by atoms with Crippen molar-refractivity contribution < 1.29 is 0 Å². The molecule has 0 aliphatic rings. The molecule has 0 saturated carbocycles. The number of aliphatic imine (C=N–C) groups is 1. The number of thioether (sulfide) groups is 2. The van der Waals surface area contributed by atoms with Crippen LogP contribution in [0, 0.1) is 25.3 Å². The second kappa shape index (κ2) is 5.84. The minimum absolute atomic E-state index is 0.787. The first-order valence-electron chi connectivity index (χ1n) is 4.44. The van der Waals surface area contributed by atoms with E-state index in [2.05, 4.69) is 31.0 Å². The first kappa shape index (κ1) is 12.2. The van der Waals surface area contributed by atoms with Gasteiger partial charge in [0.15, 0.2) is 0 Å². The zero-order valence-electron chi connectivity index (χ0n) is 8.94. The van der Waals surface area contributed by atoms with E-state index in [1.807, 2.05) is 18.5 Å². The molecule has 0 saturated heterocycles. The van der Waals surface area contributed by atoms with E-state index in [-0.39, 0.29) is 0 Å².